The van der Waals surface area contributed by atoms with Crippen LogP contribution in [0.3, 0.4) is 0 Å². The van der Waals surface area contributed by atoms with Crippen LogP contribution in [0.4, 0.5) is 5.13 Å². The molecule has 1 aliphatic heterocycles. The van der Waals surface area contributed by atoms with Gasteiger partial charge in [-0.05, 0) is 38.0 Å². The summed E-state index contributed by atoms with van der Waals surface area (Å²) in [6, 6.07) is 0. The van der Waals surface area contributed by atoms with Gasteiger partial charge in [-0.15, -0.1) is 11.3 Å². The molecule has 0 saturated carbocycles. The Bertz CT molecular complexity index is 744. The zero-order chi connectivity index (χ0) is 17.6. The Labute approximate surface area is 150 Å². The van der Waals surface area contributed by atoms with Crippen molar-refractivity contribution >= 4 is 34.2 Å². The number of likely N-dealkylation sites (tertiary alicyclic amines) is 1. The average molecular weight is 359 g/mol. The van der Waals surface area contributed by atoms with Gasteiger partial charge in [0.2, 0.25) is 17.7 Å². The molecule has 3 atom stereocenters. The van der Waals surface area contributed by atoms with E-state index in [0.717, 1.165) is 29.9 Å². The highest BCUT2D eigenvalue weighted by Crippen LogP contribution is 2.35. The lowest BCUT2D eigenvalue weighted by molar-refractivity contribution is -0.142. The van der Waals surface area contributed by atoms with E-state index in [0.29, 0.717) is 23.9 Å². The minimum atomic E-state index is -0.354. The van der Waals surface area contributed by atoms with Crippen molar-refractivity contribution in [2.45, 2.75) is 39.0 Å². The molecule has 0 aromatic carbocycles. The van der Waals surface area contributed by atoms with Crippen molar-refractivity contribution in [3.05, 3.63) is 22.7 Å². The summed E-state index contributed by atoms with van der Waals surface area (Å²) in [6.07, 6.45) is 8.13. The summed E-state index contributed by atoms with van der Waals surface area (Å²) >= 11 is 1.51. The minimum Gasteiger partial charge on any atom is -0.300 e. The molecular weight excluding hydrogens is 338 g/mol. The average Bonchev–Trinajstić information content (AvgIpc) is 3.09. The Balaban J connectivity index is 1.41. The van der Waals surface area contributed by atoms with Gasteiger partial charge in [0.05, 0.1) is 17.5 Å². The Morgan fingerprint density at radius 2 is 1.96 bits per heavy atom. The summed E-state index contributed by atoms with van der Waals surface area (Å²) in [5.41, 5.74) is 1.07. The first-order chi connectivity index (χ1) is 12.0. The van der Waals surface area contributed by atoms with Crippen LogP contribution in [0.2, 0.25) is 0 Å². The zero-order valence-electron chi connectivity index (χ0n) is 14.2. The number of thiazole rings is 1. The predicted octanol–water partition coefficient (Wildman–Crippen LogP) is 2.16. The van der Waals surface area contributed by atoms with E-state index in [2.05, 4.69) is 17.2 Å². The molecule has 1 N–H and O–H groups in total. The van der Waals surface area contributed by atoms with Gasteiger partial charge < -0.3 is 5.32 Å². The molecule has 4 rings (SSSR count). The van der Waals surface area contributed by atoms with Crippen LogP contribution in [-0.2, 0) is 27.2 Å². The number of anilines is 1. The van der Waals surface area contributed by atoms with Crippen LogP contribution < -0.4 is 5.32 Å². The molecular formula is C18H21N3O3S. The van der Waals surface area contributed by atoms with Crippen LogP contribution in [0.15, 0.2) is 12.2 Å². The molecule has 6 nitrogen and oxygen atoms in total. The standard InChI is InChI=1S/C18H21N3O3S/c1-10-6-7-13-14(8-10)25-18(19-13)20-15(22)9-21-16(23)11-4-2-3-5-12(11)17(21)24/h2-3,10-12H,4-9H2,1H3,(H,19,20,22)/t10-,11-,12+/m1/s1. The maximum Gasteiger partial charge on any atom is 0.246 e. The normalized spacial score (nSPS) is 28.0. The largest absolute Gasteiger partial charge is 0.300 e. The number of nitrogens with zero attached hydrogens (tertiary/aromatic N) is 2. The Hall–Kier alpha value is -2.02. The first-order valence-corrected chi connectivity index (χ1v) is 9.63. The predicted molar refractivity (Wildman–Crippen MR) is 94.0 cm³/mol. The van der Waals surface area contributed by atoms with E-state index in [1.165, 1.54) is 16.2 Å². The van der Waals surface area contributed by atoms with E-state index in [9.17, 15) is 14.4 Å². The Morgan fingerprint density at radius 1 is 1.28 bits per heavy atom. The second-order valence-electron chi connectivity index (χ2n) is 7.20. The molecule has 0 spiro atoms. The highest BCUT2D eigenvalue weighted by molar-refractivity contribution is 7.15. The first-order valence-electron chi connectivity index (χ1n) is 8.81. The molecule has 0 unspecified atom stereocenters. The molecule has 0 radical (unpaired) electrons. The number of aromatic nitrogens is 1. The molecule has 7 heteroatoms. The second kappa shape index (κ2) is 6.37. The fourth-order valence-electron chi connectivity index (χ4n) is 3.92. The maximum absolute atomic E-state index is 12.4. The third-order valence-corrected chi connectivity index (χ3v) is 6.37. The van der Waals surface area contributed by atoms with Gasteiger partial charge in [0.15, 0.2) is 5.13 Å². The van der Waals surface area contributed by atoms with Crippen molar-refractivity contribution in [3.8, 4) is 0 Å². The van der Waals surface area contributed by atoms with Gasteiger partial charge in [-0.1, -0.05) is 19.1 Å². The first kappa shape index (κ1) is 16.4. The van der Waals surface area contributed by atoms with E-state index < -0.39 is 0 Å². The summed E-state index contributed by atoms with van der Waals surface area (Å²) in [6.45, 7) is 2.01. The quantitative estimate of drug-likeness (QED) is 0.662. The van der Waals surface area contributed by atoms with Crippen LogP contribution >= 0.6 is 11.3 Å². The van der Waals surface area contributed by atoms with Gasteiger partial charge in [-0.25, -0.2) is 4.98 Å². The van der Waals surface area contributed by atoms with Crippen molar-refractivity contribution in [2.75, 3.05) is 11.9 Å². The highest BCUT2D eigenvalue weighted by Gasteiger charge is 2.47. The number of carbonyl (C=O) groups is 3. The van der Waals surface area contributed by atoms with E-state index in [1.807, 2.05) is 12.2 Å². The van der Waals surface area contributed by atoms with Crippen LogP contribution in [0.5, 0.6) is 0 Å². The number of allylic oxidation sites excluding steroid dienone is 2. The third-order valence-electron chi connectivity index (χ3n) is 5.33. The van der Waals surface area contributed by atoms with Gasteiger partial charge in [0.25, 0.3) is 0 Å². The number of hydrogen-bond acceptors (Lipinski definition) is 5. The lowest BCUT2D eigenvalue weighted by atomic mass is 9.85. The number of imide groups is 1. The van der Waals surface area contributed by atoms with Crippen LogP contribution in [0.1, 0.15) is 36.8 Å². The lowest BCUT2D eigenvalue weighted by Gasteiger charge is -2.15. The van der Waals surface area contributed by atoms with Gasteiger partial charge in [0.1, 0.15) is 6.54 Å². The van der Waals surface area contributed by atoms with Gasteiger partial charge in [-0.3, -0.25) is 19.3 Å². The Morgan fingerprint density at radius 3 is 2.64 bits per heavy atom. The number of carbonyl (C=O) groups excluding carboxylic acids is 3. The summed E-state index contributed by atoms with van der Waals surface area (Å²) in [5.74, 6) is -0.734. The molecule has 1 aromatic heterocycles. The molecule has 3 amide bonds. The van der Waals surface area contributed by atoms with E-state index >= 15 is 0 Å². The van der Waals surface area contributed by atoms with E-state index in [1.54, 1.807) is 0 Å². The van der Waals surface area contributed by atoms with Gasteiger partial charge >= 0.3 is 0 Å². The number of aryl methyl sites for hydroxylation is 1. The molecule has 2 aliphatic carbocycles. The fraction of sp³-hybridized carbons (Fsp3) is 0.556. The third kappa shape index (κ3) is 3.01. The van der Waals surface area contributed by atoms with Gasteiger partial charge in [0, 0.05) is 4.88 Å². The number of rotatable bonds is 3. The molecule has 25 heavy (non-hydrogen) atoms. The molecule has 2 heterocycles. The molecule has 1 aromatic rings. The smallest absolute Gasteiger partial charge is 0.246 e. The van der Waals surface area contributed by atoms with Crippen molar-refractivity contribution in [1.29, 1.82) is 0 Å². The zero-order valence-corrected chi connectivity index (χ0v) is 15.0. The van der Waals surface area contributed by atoms with Crippen LogP contribution in [-0.4, -0.2) is 34.2 Å². The highest BCUT2D eigenvalue weighted by atomic mass is 32.1. The number of fused-ring (bicyclic) bond motifs is 2. The molecule has 1 saturated heterocycles. The van der Waals surface area contributed by atoms with Crippen LogP contribution in [0, 0.1) is 17.8 Å². The minimum absolute atomic E-state index is 0.217. The van der Waals surface area contributed by atoms with Crippen molar-refractivity contribution in [2.24, 2.45) is 17.8 Å². The SMILES string of the molecule is C[C@@H]1CCc2nc(NC(=O)CN3C(=O)[C@H]4CC=CC[C@H]4C3=O)sc2C1. The van der Waals surface area contributed by atoms with Crippen molar-refractivity contribution in [1.82, 2.24) is 9.88 Å². The topological polar surface area (TPSA) is 79.4 Å². The van der Waals surface area contributed by atoms with Gasteiger partial charge in [-0.2, -0.15) is 0 Å². The van der Waals surface area contributed by atoms with E-state index in [-0.39, 0.29) is 36.1 Å². The monoisotopic (exact) mass is 359 g/mol. The number of nitrogens with one attached hydrogen (secondary N) is 1. The Kier molecular flexibility index (Phi) is 4.19. The second-order valence-corrected chi connectivity index (χ2v) is 8.29. The summed E-state index contributed by atoms with van der Waals surface area (Å²) in [4.78, 5) is 44.0. The van der Waals surface area contributed by atoms with E-state index in [4.69, 9.17) is 0 Å². The maximum atomic E-state index is 12.4. The number of amides is 3. The molecule has 0 bridgehead atoms. The summed E-state index contributed by atoms with van der Waals surface area (Å²) in [5, 5.41) is 3.34. The lowest BCUT2D eigenvalue weighted by Crippen LogP contribution is -2.38. The van der Waals surface area contributed by atoms with Crippen LogP contribution in [0.25, 0.3) is 0 Å². The molecule has 132 valence electrons. The summed E-state index contributed by atoms with van der Waals surface area (Å²) < 4.78 is 0. The van der Waals surface area contributed by atoms with Crippen molar-refractivity contribution in [3.63, 3.8) is 0 Å². The van der Waals surface area contributed by atoms with Crippen molar-refractivity contribution < 1.29 is 14.4 Å². The molecule has 1 fully saturated rings. The molecule has 3 aliphatic rings. The number of hydrogen-bond donors (Lipinski definition) is 1. The fourth-order valence-corrected chi connectivity index (χ4v) is 5.11. The summed E-state index contributed by atoms with van der Waals surface area (Å²) in [7, 11) is 0.